The van der Waals surface area contributed by atoms with Gasteiger partial charge in [-0.2, -0.15) is 0 Å². The molecule has 200 valence electrons. The Bertz CT molecular complexity index is 1650. The number of Topliss-reactive ketones (excluding diaryl/α,β-unsaturated/α-hetero) is 1. The van der Waals surface area contributed by atoms with E-state index in [0.29, 0.717) is 11.4 Å². The van der Waals surface area contributed by atoms with Gasteiger partial charge in [-0.25, -0.2) is 4.98 Å². The molecule has 0 atom stereocenters. The van der Waals surface area contributed by atoms with Gasteiger partial charge in [-0.05, 0) is 72.1 Å². The van der Waals surface area contributed by atoms with Crippen molar-refractivity contribution in [2.24, 2.45) is 0 Å². The van der Waals surface area contributed by atoms with Crippen LogP contribution in [0.15, 0.2) is 103 Å². The fourth-order valence-corrected chi connectivity index (χ4v) is 5.29. The number of fused-ring (bicyclic) bond motifs is 1. The van der Waals surface area contributed by atoms with Crippen molar-refractivity contribution in [1.82, 2.24) is 9.38 Å². The van der Waals surface area contributed by atoms with E-state index < -0.39 is 11.7 Å². The Hall–Kier alpha value is -4.91. The number of carbonyl (C=O) groups excluding carboxylic acids is 2. The Balaban J connectivity index is 1.14. The third-order valence-corrected chi connectivity index (χ3v) is 7.50. The molecular weight excluding hydrogens is 498 g/mol. The molecule has 4 heterocycles. The molecule has 7 heteroatoms. The minimum atomic E-state index is -0.663. The van der Waals surface area contributed by atoms with Crippen LogP contribution in [0.3, 0.4) is 0 Å². The van der Waals surface area contributed by atoms with Gasteiger partial charge in [0.1, 0.15) is 11.5 Å². The maximum absolute atomic E-state index is 13.5. The topological polar surface area (TPSA) is 70.0 Å². The summed E-state index contributed by atoms with van der Waals surface area (Å²) in [6, 6.07) is 29.3. The summed E-state index contributed by atoms with van der Waals surface area (Å²) in [6.45, 7) is 5.70. The molecule has 1 fully saturated rings. The number of piperazine rings is 1. The number of carbonyl (C=O) groups is 2. The number of benzene rings is 2. The van der Waals surface area contributed by atoms with Crippen LogP contribution in [0.5, 0.6) is 0 Å². The SMILES string of the molecule is CCc1ccnc(N2CCN(c3ccc(NC(=O)C(=O)c4c(-c5ccccc5)cc5ccccn45)cc3)CC2)c1. The van der Waals surface area contributed by atoms with Gasteiger partial charge in [-0.1, -0.05) is 43.3 Å². The lowest BCUT2D eigenvalue weighted by atomic mass is 10.0. The maximum atomic E-state index is 13.5. The molecule has 1 saturated heterocycles. The number of ketones is 1. The van der Waals surface area contributed by atoms with Crippen molar-refractivity contribution in [3.8, 4) is 11.1 Å². The van der Waals surface area contributed by atoms with Gasteiger partial charge >= 0.3 is 0 Å². The molecule has 5 aromatic rings. The average molecular weight is 530 g/mol. The zero-order valence-corrected chi connectivity index (χ0v) is 22.5. The van der Waals surface area contributed by atoms with Crippen LogP contribution in [-0.4, -0.2) is 47.3 Å². The average Bonchev–Trinajstić information content (AvgIpc) is 3.41. The number of anilines is 3. The Morgan fingerprint density at radius 3 is 2.30 bits per heavy atom. The van der Waals surface area contributed by atoms with Crippen molar-refractivity contribution in [3.63, 3.8) is 0 Å². The van der Waals surface area contributed by atoms with Crippen LogP contribution in [0.1, 0.15) is 23.0 Å². The first-order chi connectivity index (χ1) is 19.6. The number of nitrogens with zero attached hydrogens (tertiary/aromatic N) is 4. The highest BCUT2D eigenvalue weighted by atomic mass is 16.2. The van der Waals surface area contributed by atoms with Gasteiger partial charge in [0.05, 0.1) is 0 Å². The van der Waals surface area contributed by atoms with Crippen molar-refractivity contribution < 1.29 is 9.59 Å². The summed E-state index contributed by atoms with van der Waals surface area (Å²) in [6.07, 6.45) is 4.70. The van der Waals surface area contributed by atoms with E-state index in [4.69, 9.17) is 0 Å². The summed E-state index contributed by atoms with van der Waals surface area (Å²) < 4.78 is 1.78. The highest BCUT2D eigenvalue weighted by Crippen LogP contribution is 2.29. The summed E-state index contributed by atoms with van der Waals surface area (Å²) >= 11 is 0. The fourth-order valence-electron chi connectivity index (χ4n) is 5.29. The third kappa shape index (κ3) is 5.06. The van der Waals surface area contributed by atoms with Gasteiger partial charge in [0, 0.05) is 61.0 Å². The second-order valence-corrected chi connectivity index (χ2v) is 9.95. The Morgan fingerprint density at radius 1 is 0.825 bits per heavy atom. The van der Waals surface area contributed by atoms with E-state index in [1.54, 1.807) is 4.40 Å². The molecule has 1 aliphatic heterocycles. The summed E-state index contributed by atoms with van der Waals surface area (Å²) in [4.78, 5) is 35.8. The zero-order valence-electron chi connectivity index (χ0n) is 22.5. The van der Waals surface area contributed by atoms with Gasteiger partial charge in [-0.15, -0.1) is 0 Å². The summed E-state index contributed by atoms with van der Waals surface area (Å²) in [5, 5.41) is 2.81. The summed E-state index contributed by atoms with van der Waals surface area (Å²) in [7, 11) is 0. The van der Waals surface area contributed by atoms with Crippen LogP contribution in [0.25, 0.3) is 16.6 Å². The molecule has 0 radical (unpaired) electrons. The van der Waals surface area contributed by atoms with E-state index in [0.717, 1.165) is 60.7 Å². The smallest absolute Gasteiger partial charge is 0.298 e. The molecule has 0 aliphatic carbocycles. The molecule has 3 aromatic heterocycles. The van der Waals surface area contributed by atoms with Crippen molar-refractivity contribution in [2.75, 3.05) is 41.3 Å². The van der Waals surface area contributed by atoms with Crippen molar-refractivity contribution >= 4 is 34.4 Å². The molecule has 1 aliphatic rings. The number of hydrogen-bond acceptors (Lipinski definition) is 5. The van der Waals surface area contributed by atoms with Gasteiger partial charge in [0.2, 0.25) is 0 Å². The van der Waals surface area contributed by atoms with Crippen molar-refractivity contribution in [1.29, 1.82) is 0 Å². The molecule has 40 heavy (non-hydrogen) atoms. The number of rotatable bonds is 7. The fraction of sp³-hybridized carbons (Fsp3) is 0.182. The normalized spacial score (nSPS) is 13.4. The molecule has 0 spiro atoms. The second-order valence-electron chi connectivity index (χ2n) is 9.95. The van der Waals surface area contributed by atoms with Crippen LogP contribution in [0.2, 0.25) is 0 Å². The van der Waals surface area contributed by atoms with Crippen LogP contribution in [-0.2, 0) is 11.2 Å². The predicted octanol–water partition coefficient (Wildman–Crippen LogP) is 5.71. The number of aryl methyl sites for hydroxylation is 1. The quantitative estimate of drug-likeness (QED) is 0.216. The molecule has 2 aromatic carbocycles. The van der Waals surface area contributed by atoms with Crippen LogP contribution >= 0.6 is 0 Å². The summed E-state index contributed by atoms with van der Waals surface area (Å²) in [5.41, 5.74) is 5.80. The van der Waals surface area contributed by atoms with Crippen LogP contribution in [0.4, 0.5) is 17.2 Å². The maximum Gasteiger partial charge on any atom is 0.298 e. The molecule has 0 bridgehead atoms. The van der Waals surface area contributed by atoms with Crippen molar-refractivity contribution in [2.45, 2.75) is 13.3 Å². The number of hydrogen-bond donors (Lipinski definition) is 1. The molecule has 1 N–H and O–H groups in total. The van der Waals surface area contributed by atoms with E-state index in [2.05, 4.69) is 39.2 Å². The number of nitrogens with one attached hydrogen (secondary N) is 1. The highest BCUT2D eigenvalue weighted by molar-refractivity contribution is 6.47. The Kier molecular flexibility index (Phi) is 7.02. The lowest BCUT2D eigenvalue weighted by Gasteiger charge is -2.37. The second kappa shape index (κ2) is 11.1. The Morgan fingerprint density at radius 2 is 1.55 bits per heavy atom. The zero-order chi connectivity index (χ0) is 27.5. The van der Waals surface area contributed by atoms with Gasteiger partial charge in [0.25, 0.3) is 11.7 Å². The monoisotopic (exact) mass is 529 g/mol. The molecular formula is C33H31N5O2. The number of amides is 1. The number of pyridine rings is 2. The van der Waals surface area contributed by atoms with Crippen LogP contribution in [0, 0.1) is 0 Å². The predicted molar refractivity (Wildman–Crippen MR) is 160 cm³/mol. The molecule has 6 rings (SSSR count). The number of aromatic nitrogens is 2. The highest BCUT2D eigenvalue weighted by Gasteiger charge is 2.25. The molecule has 7 nitrogen and oxygen atoms in total. The van der Waals surface area contributed by atoms with E-state index in [9.17, 15) is 9.59 Å². The lowest BCUT2D eigenvalue weighted by Crippen LogP contribution is -2.46. The molecule has 0 unspecified atom stereocenters. The Labute approximate surface area is 233 Å². The van der Waals surface area contributed by atoms with E-state index in [1.165, 1.54) is 5.56 Å². The molecule has 0 saturated carbocycles. The minimum absolute atomic E-state index is 0.354. The third-order valence-electron chi connectivity index (χ3n) is 7.50. The van der Waals surface area contributed by atoms with E-state index >= 15 is 0 Å². The van der Waals surface area contributed by atoms with E-state index in [1.807, 2.05) is 91.3 Å². The first-order valence-corrected chi connectivity index (χ1v) is 13.7. The minimum Gasteiger partial charge on any atom is -0.368 e. The van der Waals surface area contributed by atoms with Gasteiger partial charge < -0.3 is 19.5 Å². The first kappa shape index (κ1) is 25.4. The summed E-state index contributed by atoms with van der Waals surface area (Å²) in [5.74, 6) is -0.205. The van der Waals surface area contributed by atoms with Gasteiger partial charge in [0.15, 0.2) is 0 Å². The van der Waals surface area contributed by atoms with Gasteiger partial charge in [-0.3, -0.25) is 9.59 Å². The lowest BCUT2D eigenvalue weighted by molar-refractivity contribution is -0.112. The van der Waals surface area contributed by atoms with Crippen LogP contribution < -0.4 is 15.1 Å². The standard InChI is InChI=1S/C33H31N5O2/c1-2-24-15-16-34-30(22-24)37-20-18-36(19-21-37)27-13-11-26(12-14-27)35-33(40)32(39)31-29(25-8-4-3-5-9-25)23-28-10-6-7-17-38(28)31/h3-17,22-23H,2,18-21H2,1H3,(H,35,40). The van der Waals surface area contributed by atoms with Crippen molar-refractivity contribution in [3.05, 3.63) is 115 Å². The molecule has 1 amide bonds. The largest absolute Gasteiger partial charge is 0.368 e. The first-order valence-electron chi connectivity index (χ1n) is 13.7. The van der Waals surface area contributed by atoms with E-state index in [-0.39, 0.29) is 0 Å².